The number of hydrogen-bond donors (Lipinski definition) is 1. The predicted octanol–water partition coefficient (Wildman–Crippen LogP) is 5.27. The number of ether oxygens (including phenoxy) is 1. The van der Waals surface area contributed by atoms with Crippen molar-refractivity contribution in [2.75, 3.05) is 18.0 Å². The zero-order valence-corrected chi connectivity index (χ0v) is 18.3. The number of non-ortho nitro benzene ring substituents is 1. The number of nitrogens with two attached hydrogens (primary N) is 1. The number of carbonyl (C=O) groups is 1. The number of carbonyl (C=O) groups excluding carboxylic acids is 1. The van der Waals surface area contributed by atoms with Crippen LogP contribution >= 0.6 is 11.6 Å². The fourth-order valence-corrected chi connectivity index (χ4v) is 4.53. The van der Waals surface area contributed by atoms with Crippen LogP contribution in [0.15, 0.2) is 48.5 Å². The SMILES string of the molecule is CC(c1cc([N+](=O)[O-])ccc1OC(N)=O)C1CCN(c2ccc3cc(Cl)ccc3n2)CC1. The number of primary amides is 1. The van der Waals surface area contributed by atoms with Crippen LogP contribution in [0.3, 0.4) is 0 Å². The van der Waals surface area contributed by atoms with Crippen molar-refractivity contribution in [2.45, 2.75) is 25.7 Å². The van der Waals surface area contributed by atoms with E-state index in [9.17, 15) is 14.9 Å². The van der Waals surface area contributed by atoms with E-state index in [1.54, 1.807) is 0 Å². The molecular weight excluding hydrogens is 432 g/mol. The number of fused-ring (bicyclic) bond motifs is 1. The van der Waals surface area contributed by atoms with Crippen LogP contribution in [-0.2, 0) is 0 Å². The maximum absolute atomic E-state index is 11.3. The van der Waals surface area contributed by atoms with E-state index in [-0.39, 0.29) is 23.3 Å². The van der Waals surface area contributed by atoms with Crippen molar-refractivity contribution in [3.8, 4) is 5.75 Å². The highest BCUT2D eigenvalue weighted by atomic mass is 35.5. The van der Waals surface area contributed by atoms with Gasteiger partial charge in [0.1, 0.15) is 11.6 Å². The second-order valence-electron chi connectivity index (χ2n) is 8.02. The van der Waals surface area contributed by atoms with Crippen molar-refractivity contribution >= 4 is 40.1 Å². The second kappa shape index (κ2) is 9.00. The average Bonchev–Trinajstić information content (AvgIpc) is 2.78. The van der Waals surface area contributed by atoms with E-state index >= 15 is 0 Å². The number of nitro groups is 1. The molecule has 1 unspecified atom stereocenters. The first-order valence-electron chi connectivity index (χ1n) is 10.4. The monoisotopic (exact) mass is 454 g/mol. The van der Waals surface area contributed by atoms with Crippen LogP contribution in [0, 0.1) is 16.0 Å². The molecular formula is C23H23ClN4O4. The highest BCUT2D eigenvalue weighted by Crippen LogP contribution is 2.39. The van der Waals surface area contributed by atoms with Crippen molar-refractivity contribution in [1.82, 2.24) is 4.98 Å². The molecule has 166 valence electrons. The van der Waals surface area contributed by atoms with Gasteiger partial charge >= 0.3 is 6.09 Å². The predicted molar refractivity (Wildman–Crippen MR) is 123 cm³/mol. The Kier molecular flexibility index (Phi) is 6.14. The third kappa shape index (κ3) is 4.60. The smallest absolute Gasteiger partial charge is 0.409 e. The third-order valence-electron chi connectivity index (χ3n) is 6.11. The Balaban J connectivity index is 1.50. The van der Waals surface area contributed by atoms with Crippen molar-refractivity contribution in [3.05, 3.63) is 69.2 Å². The van der Waals surface area contributed by atoms with E-state index in [1.807, 2.05) is 37.3 Å². The molecule has 2 N–H and O–H groups in total. The number of rotatable bonds is 5. The van der Waals surface area contributed by atoms with Crippen molar-refractivity contribution in [2.24, 2.45) is 11.7 Å². The van der Waals surface area contributed by atoms with Crippen LogP contribution in [0.25, 0.3) is 10.9 Å². The number of amides is 1. The topological polar surface area (TPSA) is 112 Å². The van der Waals surface area contributed by atoms with Gasteiger partial charge in [0.25, 0.3) is 5.69 Å². The lowest BCUT2D eigenvalue weighted by atomic mass is 9.80. The molecule has 1 fully saturated rings. The van der Waals surface area contributed by atoms with Crippen LogP contribution in [-0.4, -0.2) is 29.1 Å². The minimum atomic E-state index is -0.939. The van der Waals surface area contributed by atoms with Crippen molar-refractivity contribution in [3.63, 3.8) is 0 Å². The Hall–Kier alpha value is -3.39. The molecule has 1 aromatic heterocycles. The molecule has 0 radical (unpaired) electrons. The van der Waals surface area contributed by atoms with Crippen LogP contribution in [0.1, 0.15) is 31.2 Å². The third-order valence-corrected chi connectivity index (χ3v) is 6.35. The number of nitrogens with zero attached hydrogens (tertiary/aromatic N) is 3. The minimum absolute atomic E-state index is 0.0402. The zero-order valence-electron chi connectivity index (χ0n) is 17.5. The Morgan fingerprint density at radius 1 is 1.22 bits per heavy atom. The first-order valence-corrected chi connectivity index (χ1v) is 10.8. The lowest BCUT2D eigenvalue weighted by molar-refractivity contribution is -0.385. The Morgan fingerprint density at radius 2 is 1.97 bits per heavy atom. The molecule has 8 nitrogen and oxygen atoms in total. The van der Waals surface area contributed by atoms with Crippen LogP contribution in [0.5, 0.6) is 5.75 Å². The van der Waals surface area contributed by atoms with Gasteiger partial charge in [-0.1, -0.05) is 18.5 Å². The van der Waals surface area contributed by atoms with Gasteiger partial charge in [-0.05, 0) is 61.1 Å². The molecule has 0 bridgehead atoms. The maximum atomic E-state index is 11.3. The van der Waals surface area contributed by atoms with Crippen LogP contribution < -0.4 is 15.4 Å². The van der Waals surface area contributed by atoms with E-state index < -0.39 is 11.0 Å². The van der Waals surface area contributed by atoms with Gasteiger partial charge in [-0.3, -0.25) is 10.1 Å². The lowest BCUT2D eigenvalue weighted by Crippen LogP contribution is -2.35. The highest BCUT2D eigenvalue weighted by molar-refractivity contribution is 6.31. The van der Waals surface area contributed by atoms with Gasteiger partial charge in [-0.15, -0.1) is 0 Å². The maximum Gasteiger partial charge on any atom is 0.409 e. The molecule has 0 spiro atoms. The Labute approximate surface area is 190 Å². The zero-order chi connectivity index (χ0) is 22.8. The average molecular weight is 455 g/mol. The summed E-state index contributed by atoms with van der Waals surface area (Å²) in [6.45, 7) is 3.62. The normalized spacial score (nSPS) is 15.5. The largest absolute Gasteiger partial charge is 0.410 e. The van der Waals surface area contributed by atoms with E-state index in [0.717, 1.165) is 42.7 Å². The fourth-order valence-electron chi connectivity index (χ4n) is 4.35. The fraction of sp³-hybridized carbons (Fsp3) is 0.304. The molecule has 4 rings (SSSR count). The summed E-state index contributed by atoms with van der Waals surface area (Å²) in [5.41, 5.74) is 6.66. The van der Waals surface area contributed by atoms with Gasteiger partial charge in [0.05, 0.1) is 10.4 Å². The summed E-state index contributed by atoms with van der Waals surface area (Å²) in [6.07, 6.45) is 0.811. The molecule has 1 aliphatic heterocycles. The molecule has 1 atom stereocenters. The van der Waals surface area contributed by atoms with E-state index in [4.69, 9.17) is 27.1 Å². The van der Waals surface area contributed by atoms with Crippen LogP contribution in [0.2, 0.25) is 5.02 Å². The molecule has 3 aromatic rings. The Bertz CT molecular complexity index is 1180. The standard InChI is InChI=1S/C23H23ClN4O4/c1-14(19-13-18(28(30)31)4-6-21(19)32-23(25)29)15-8-10-27(11-9-15)22-7-2-16-12-17(24)3-5-20(16)26-22/h2-7,12-15H,8-11H2,1H3,(H2,25,29). The quantitative estimate of drug-likeness (QED) is 0.415. The van der Waals surface area contributed by atoms with E-state index in [0.29, 0.717) is 10.6 Å². The summed E-state index contributed by atoms with van der Waals surface area (Å²) >= 11 is 6.06. The molecule has 9 heteroatoms. The van der Waals surface area contributed by atoms with Gasteiger partial charge in [-0.25, -0.2) is 9.78 Å². The Morgan fingerprint density at radius 3 is 2.66 bits per heavy atom. The van der Waals surface area contributed by atoms with Crippen molar-refractivity contribution < 1.29 is 14.5 Å². The summed E-state index contributed by atoms with van der Waals surface area (Å²) < 4.78 is 5.12. The van der Waals surface area contributed by atoms with Gasteiger partial charge in [0.2, 0.25) is 0 Å². The van der Waals surface area contributed by atoms with Crippen LogP contribution in [0.4, 0.5) is 16.3 Å². The molecule has 0 saturated carbocycles. The molecule has 1 saturated heterocycles. The van der Waals surface area contributed by atoms with E-state index in [1.165, 1.54) is 18.2 Å². The number of aromatic nitrogens is 1. The number of hydrogen-bond acceptors (Lipinski definition) is 6. The second-order valence-corrected chi connectivity index (χ2v) is 8.46. The first kappa shape index (κ1) is 21.8. The number of benzene rings is 2. The lowest BCUT2D eigenvalue weighted by Gasteiger charge is -2.36. The molecule has 32 heavy (non-hydrogen) atoms. The van der Waals surface area contributed by atoms with Gasteiger partial charge in [-0.2, -0.15) is 0 Å². The molecule has 2 heterocycles. The molecule has 1 aliphatic rings. The molecule has 2 aromatic carbocycles. The summed E-state index contributed by atoms with van der Waals surface area (Å²) in [5.74, 6) is 1.41. The number of halogens is 1. The summed E-state index contributed by atoms with van der Waals surface area (Å²) in [6, 6.07) is 13.9. The number of pyridine rings is 1. The summed E-state index contributed by atoms with van der Waals surface area (Å²) in [4.78, 5) is 29.1. The van der Waals surface area contributed by atoms with Gasteiger partial charge in [0, 0.05) is 41.2 Å². The van der Waals surface area contributed by atoms with Crippen molar-refractivity contribution in [1.29, 1.82) is 0 Å². The number of piperidine rings is 1. The highest BCUT2D eigenvalue weighted by Gasteiger charge is 2.29. The van der Waals surface area contributed by atoms with Gasteiger partial charge in [0.15, 0.2) is 0 Å². The molecule has 1 amide bonds. The van der Waals surface area contributed by atoms with Gasteiger partial charge < -0.3 is 15.4 Å². The summed E-state index contributed by atoms with van der Waals surface area (Å²) in [7, 11) is 0. The number of nitro benzene ring substituents is 1. The minimum Gasteiger partial charge on any atom is -0.410 e. The summed E-state index contributed by atoms with van der Waals surface area (Å²) in [5, 5.41) is 12.9. The number of anilines is 1. The van der Waals surface area contributed by atoms with E-state index in [2.05, 4.69) is 4.90 Å². The molecule has 0 aliphatic carbocycles. The first-order chi connectivity index (χ1) is 15.3.